The lowest BCUT2D eigenvalue weighted by Crippen LogP contribution is -2.41. The maximum atomic E-state index is 13.0. The number of sulfone groups is 2. The Morgan fingerprint density at radius 1 is 0.759 bits per heavy atom. The molecule has 0 aromatic rings. The van der Waals surface area contributed by atoms with Crippen molar-refractivity contribution in [2.45, 2.75) is 120 Å². The molecule has 2 fully saturated rings. The van der Waals surface area contributed by atoms with Gasteiger partial charge in [-0.3, -0.25) is 0 Å². The van der Waals surface area contributed by atoms with Gasteiger partial charge in [0, 0.05) is 0 Å². The van der Waals surface area contributed by atoms with Gasteiger partial charge in [-0.1, -0.05) is 71.1 Å². The number of unbranched alkanes of at least 4 members (excludes halogenated alkanes) is 5. The number of hydrogen-bond acceptors (Lipinski definition) is 4. The van der Waals surface area contributed by atoms with Crippen LogP contribution in [0.2, 0.25) is 0 Å². The van der Waals surface area contributed by atoms with Crippen molar-refractivity contribution < 1.29 is 21.6 Å². The lowest BCUT2D eigenvalue weighted by molar-refractivity contribution is 0.00358. The van der Waals surface area contributed by atoms with Crippen molar-refractivity contribution in [3.05, 3.63) is 5.53 Å². The first-order valence-corrected chi connectivity index (χ1v) is 14.6. The van der Waals surface area contributed by atoms with Crippen LogP contribution in [0.15, 0.2) is 0 Å². The summed E-state index contributed by atoms with van der Waals surface area (Å²) < 4.78 is 50.7. The molecule has 2 aliphatic carbocycles. The maximum absolute atomic E-state index is 13.0. The molecule has 0 aromatic heterocycles. The van der Waals surface area contributed by atoms with Gasteiger partial charge in [0.1, 0.15) is 0 Å². The molecule has 0 saturated heterocycles. The van der Waals surface area contributed by atoms with Gasteiger partial charge in [0.25, 0.3) is 19.7 Å². The molecule has 0 amide bonds. The van der Waals surface area contributed by atoms with E-state index < -0.39 is 34.6 Å². The standard InChI is InChI=1S/C21H38N2O4S2/c1-2-3-4-5-6-8-11-18-14-16-20(17-15-18)29(26,27)21(23-22)28(24,25)19-12-9-7-10-13-19/h18-20H,2-17H2,1H3. The Morgan fingerprint density at radius 2 is 1.28 bits per heavy atom. The highest BCUT2D eigenvalue weighted by Gasteiger charge is 2.50. The SMILES string of the molecule is CCCCCCCCC1CCC(S(=O)(=O)C(=[N+]=[N-])S(=O)(=O)C2CCCCC2)CC1. The summed E-state index contributed by atoms with van der Waals surface area (Å²) in [5.41, 5.74) is 9.35. The van der Waals surface area contributed by atoms with Crippen molar-refractivity contribution >= 4 is 24.1 Å². The normalized spacial score (nSPS) is 24.2. The van der Waals surface area contributed by atoms with E-state index in [2.05, 4.69) is 11.7 Å². The van der Waals surface area contributed by atoms with E-state index in [-0.39, 0.29) is 0 Å². The molecule has 8 heteroatoms. The molecule has 2 aliphatic rings. The molecule has 0 aliphatic heterocycles. The van der Waals surface area contributed by atoms with E-state index in [4.69, 9.17) is 0 Å². The summed E-state index contributed by atoms with van der Waals surface area (Å²) in [5, 5.41) is -1.48. The highest BCUT2D eigenvalue weighted by molar-refractivity contribution is 8.31. The molecule has 0 N–H and O–H groups in total. The fraction of sp³-hybridized carbons (Fsp3) is 0.952. The molecule has 0 bridgehead atoms. The van der Waals surface area contributed by atoms with Crippen LogP contribution in [-0.2, 0) is 19.7 Å². The smallest absolute Gasteiger partial charge is 0.359 e. The molecule has 29 heavy (non-hydrogen) atoms. The summed E-state index contributed by atoms with van der Waals surface area (Å²) in [6, 6.07) is 0. The van der Waals surface area contributed by atoms with Crippen molar-refractivity contribution in [3.8, 4) is 0 Å². The quantitative estimate of drug-likeness (QED) is 0.162. The maximum Gasteiger partial charge on any atom is 0.495 e. The molecule has 2 rings (SSSR count). The molecular formula is C21H38N2O4S2. The molecular weight excluding hydrogens is 408 g/mol. The van der Waals surface area contributed by atoms with Gasteiger partial charge in [-0.2, -0.15) is 0 Å². The minimum atomic E-state index is -4.13. The Kier molecular flexibility index (Phi) is 9.83. The molecule has 6 nitrogen and oxygen atoms in total. The topological polar surface area (TPSA) is 105 Å². The van der Waals surface area contributed by atoms with Gasteiger partial charge in [-0.05, 0) is 44.4 Å². The minimum Gasteiger partial charge on any atom is -0.359 e. The van der Waals surface area contributed by atoms with Gasteiger partial charge in [0.15, 0.2) is 0 Å². The molecule has 0 spiro atoms. The molecule has 0 aromatic carbocycles. The van der Waals surface area contributed by atoms with E-state index in [1.807, 2.05) is 0 Å². The van der Waals surface area contributed by atoms with Gasteiger partial charge in [-0.25, -0.2) is 16.8 Å². The molecule has 168 valence electrons. The number of rotatable bonds is 9. The Labute approximate surface area is 177 Å². The van der Waals surface area contributed by atoms with E-state index in [0.717, 1.165) is 38.5 Å². The molecule has 0 radical (unpaired) electrons. The first-order valence-electron chi connectivity index (χ1n) is 11.5. The predicted octanol–water partition coefficient (Wildman–Crippen LogP) is 5.04. The monoisotopic (exact) mass is 446 g/mol. The van der Waals surface area contributed by atoms with Crippen LogP contribution in [0.5, 0.6) is 0 Å². The van der Waals surface area contributed by atoms with Gasteiger partial charge in [-0.15, -0.1) is 4.79 Å². The van der Waals surface area contributed by atoms with E-state index in [9.17, 15) is 22.4 Å². The van der Waals surface area contributed by atoms with Crippen LogP contribution in [0.25, 0.3) is 5.53 Å². The Balaban J connectivity index is 1.90. The van der Waals surface area contributed by atoms with Crippen molar-refractivity contribution in [2.75, 3.05) is 0 Å². The van der Waals surface area contributed by atoms with E-state index in [1.54, 1.807) is 0 Å². The van der Waals surface area contributed by atoms with E-state index >= 15 is 0 Å². The van der Waals surface area contributed by atoms with Crippen LogP contribution >= 0.6 is 0 Å². The fourth-order valence-electron chi connectivity index (χ4n) is 4.88. The molecule has 0 heterocycles. The third-order valence-electron chi connectivity index (χ3n) is 6.76. The van der Waals surface area contributed by atoms with Gasteiger partial charge < -0.3 is 5.53 Å². The summed E-state index contributed by atoms with van der Waals surface area (Å²) in [5.74, 6) is 0.525. The summed E-state index contributed by atoms with van der Waals surface area (Å²) in [4.78, 5) is 2.83. The Bertz CT molecular complexity index is 757. The zero-order chi connectivity index (χ0) is 21.3. The Hall–Kier alpha value is -0.720. The second-order valence-corrected chi connectivity index (χ2v) is 13.5. The lowest BCUT2D eigenvalue weighted by Gasteiger charge is -2.27. The summed E-state index contributed by atoms with van der Waals surface area (Å²) in [6.45, 7) is 2.21. The lowest BCUT2D eigenvalue weighted by atomic mass is 9.85. The average molecular weight is 447 g/mol. The van der Waals surface area contributed by atoms with Crippen LogP contribution in [0, 0.1) is 5.92 Å². The summed E-state index contributed by atoms with van der Waals surface area (Å²) in [7, 11) is -8.24. The highest BCUT2D eigenvalue weighted by Crippen LogP contribution is 2.34. The zero-order valence-electron chi connectivity index (χ0n) is 17.9. The van der Waals surface area contributed by atoms with E-state index in [1.165, 1.54) is 38.5 Å². The van der Waals surface area contributed by atoms with Crippen LogP contribution in [0.4, 0.5) is 0 Å². The second-order valence-electron chi connectivity index (χ2n) is 8.92. The zero-order valence-corrected chi connectivity index (χ0v) is 19.5. The molecule has 0 atom stereocenters. The van der Waals surface area contributed by atoms with Crippen LogP contribution in [-0.4, -0.2) is 36.5 Å². The number of nitrogens with zero attached hydrogens (tertiary/aromatic N) is 2. The third-order valence-corrected chi connectivity index (χ3v) is 12.0. The number of hydrogen-bond donors (Lipinski definition) is 0. The third kappa shape index (κ3) is 6.63. The van der Waals surface area contributed by atoms with E-state index in [0.29, 0.717) is 31.6 Å². The van der Waals surface area contributed by atoms with Gasteiger partial charge in [0.05, 0.1) is 10.5 Å². The van der Waals surface area contributed by atoms with Crippen LogP contribution in [0.1, 0.15) is 110 Å². The van der Waals surface area contributed by atoms with Crippen LogP contribution < -0.4 is 0 Å². The molecule has 0 unspecified atom stereocenters. The summed E-state index contributed by atoms with van der Waals surface area (Å²) >= 11 is 0. The predicted molar refractivity (Wildman–Crippen MR) is 117 cm³/mol. The minimum absolute atomic E-state index is 0.446. The second kappa shape index (κ2) is 11.6. The van der Waals surface area contributed by atoms with Gasteiger partial charge in [0.2, 0.25) is 0 Å². The fourth-order valence-corrected chi connectivity index (χ4v) is 9.64. The first-order chi connectivity index (χ1) is 13.8. The van der Waals surface area contributed by atoms with Crippen molar-refractivity contribution in [1.82, 2.24) is 0 Å². The Morgan fingerprint density at radius 3 is 1.83 bits per heavy atom. The first kappa shape index (κ1) is 24.5. The van der Waals surface area contributed by atoms with Gasteiger partial charge >= 0.3 is 4.38 Å². The molecule has 2 saturated carbocycles. The summed E-state index contributed by atoms with van der Waals surface area (Å²) in [6.07, 6.45) is 14.6. The average Bonchev–Trinajstić information content (AvgIpc) is 2.71. The largest absolute Gasteiger partial charge is 0.495 e. The van der Waals surface area contributed by atoms with Crippen molar-refractivity contribution in [2.24, 2.45) is 5.92 Å². The van der Waals surface area contributed by atoms with Crippen molar-refractivity contribution in [3.63, 3.8) is 0 Å². The van der Waals surface area contributed by atoms with Crippen LogP contribution in [0.3, 0.4) is 0 Å². The van der Waals surface area contributed by atoms with Crippen molar-refractivity contribution in [1.29, 1.82) is 0 Å². The highest BCUT2D eigenvalue weighted by atomic mass is 32.3.